The van der Waals surface area contributed by atoms with Crippen LogP contribution in [0.15, 0.2) is 40.4 Å². The molecule has 3 nitrogen and oxygen atoms in total. The van der Waals surface area contributed by atoms with Crippen LogP contribution in [0, 0.1) is 10.8 Å². The lowest BCUT2D eigenvalue weighted by atomic mass is 9.54. The lowest BCUT2D eigenvalue weighted by Crippen LogP contribution is -2.40. The first-order valence-electron chi connectivity index (χ1n) is 9.09. The van der Waals surface area contributed by atoms with Crippen LogP contribution < -0.4 is 9.47 Å². The Labute approximate surface area is 164 Å². The quantitative estimate of drug-likeness (QED) is 0.618. The van der Waals surface area contributed by atoms with Gasteiger partial charge < -0.3 is 9.47 Å². The summed E-state index contributed by atoms with van der Waals surface area (Å²) in [6.07, 6.45) is 9.09. The lowest BCUT2D eigenvalue weighted by Gasteiger charge is -2.49. The van der Waals surface area contributed by atoms with Crippen LogP contribution in [0.4, 0.5) is 0 Å². The van der Waals surface area contributed by atoms with E-state index >= 15 is 0 Å². The van der Waals surface area contributed by atoms with Crippen molar-refractivity contribution in [2.75, 3.05) is 14.2 Å². The molecule has 4 heteroatoms. The predicted molar refractivity (Wildman–Crippen MR) is 108 cm³/mol. The molecule has 0 bridgehead atoms. The van der Waals surface area contributed by atoms with Crippen LogP contribution in [-0.2, 0) is 4.79 Å². The molecule has 0 heterocycles. The molecule has 0 aromatic heterocycles. The average Bonchev–Trinajstić information content (AvgIpc) is 2.71. The molecule has 3 rings (SSSR count). The summed E-state index contributed by atoms with van der Waals surface area (Å²) in [5.74, 6) is 1.20. The largest absolute Gasteiger partial charge is 0.493 e. The number of hydrogen-bond acceptors (Lipinski definition) is 3. The van der Waals surface area contributed by atoms with Gasteiger partial charge in [-0.1, -0.05) is 60.8 Å². The number of methoxy groups -OCH3 is 2. The Bertz CT molecular complexity index is 791. The van der Waals surface area contributed by atoms with Gasteiger partial charge in [-0.3, -0.25) is 4.79 Å². The zero-order valence-electron chi connectivity index (χ0n) is 16.2. The van der Waals surface area contributed by atoms with Crippen molar-refractivity contribution < 1.29 is 14.3 Å². The summed E-state index contributed by atoms with van der Waals surface area (Å²) in [4.78, 5) is 13.2. The molecule has 0 aliphatic heterocycles. The molecule has 0 unspecified atom stereocenters. The number of ether oxygens (including phenoxy) is 2. The minimum atomic E-state index is -0.249. The summed E-state index contributed by atoms with van der Waals surface area (Å²) in [7, 11) is 3.25. The second kappa shape index (κ2) is 6.88. The number of fused-ring (bicyclic) bond motifs is 1. The number of carbonyl (C=O) groups is 1. The molecule has 1 fully saturated rings. The number of allylic oxidation sites excluding steroid dienone is 4. The second-order valence-electron chi connectivity index (χ2n) is 8.16. The number of ketones is 1. The second-order valence-corrected chi connectivity index (χ2v) is 9.01. The van der Waals surface area contributed by atoms with Gasteiger partial charge in [-0.2, -0.15) is 0 Å². The summed E-state index contributed by atoms with van der Waals surface area (Å²) < 4.78 is 11.8. The topological polar surface area (TPSA) is 35.5 Å². The normalized spacial score (nSPS) is 27.4. The molecule has 1 aromatic carbocycles. The van der Waals surface area contributed by atoms with E-state index in [2.05, 4.69) is 42.8 Å². The smallest absolute Gasteiger partial charge is 0.164 e. The molecule has 140 valence electrons. The van der Waals surface area contributed by atoms with Crippen molar-refractivity contribution in [1.29, 1.82) is 0 Å². The highest BCUT2D eigenvalue weighted by Crippen LogP contribution is 2.59. The number of hydrogen-bond donors (Lipinski definition) is 0. The van der Waals surface area contributed by atoms with E-state index in [-0.39, 0.29) is 22.5 Å². The molecule has 2 aliphatic carbocycles. The highest BCUT2D eigenvalue weighted by molar-refractivity contribution is 9.10. The third-order valence-corrected chi connectivity index (χ3v) is 6.79. The van der Waals surface area contributed by atoms with Crippen molar-refractivity contribution in [3.05, 3.63) is 46.0 Å². The van der Waals surface area contributed by atoms with Crippen molar-refractivity contribution in [1.82, 2.24) is 0 Å². The van der Waals surface area contributed by atoms with Gasteiger partial charge in [-0.25, -0.2) is 0 Å². The van der Waals surface area contributed by atoms with Gasteiger partial charge in [0.2, 0.25) is 0 Å². The fraction of sp³-hybridized carbons (Fsp3) is 0.500. The minimum Gasteiger partial charge on any atom is -0.493 e. The van der Waals surface area contributed by atoms with Gasteiger partial charge in [0.05, 0.1) is 20.1 Å². The Morgan fingerprint density at radius 3 is 2.38 bits per heavy atom. The first-order valence-corrected chi connectivity index (χ1v) is 9.88. The molecule has 26 heavy (non-hydrogen) atoms. The molecule has 2 aliphatic rings. The van der Waals surface area contributed by atoms with E-state index in [9.17, 15) is 4.79 Å². The van der Waals surface area contributed by atoms with Crippen LogP contribution >= 0.6 is 15.9 Å². The molecule has 0 radical (unpaired) electrons. The number of benzene rings is 1. The molecule has 0 saturated heterocycles. The van der Waals surface area contributed by atoms with Gasteiger partial charge in [0.1, 0.15) is 0 Å². The van der Waals surface area contributed by atoms with E-state index < -0.39 is 0 Å². The van der Waals surface area contributed by atoms with Crippen molar-refractivity contribution in [3.63, 3.8) is 0 Å². The Morgan fingerprint density at radius 2 is 1.73 bits per heavy atom. The number of carbonyl (C=O) groups excluding carboxylic acids is 1. The highest BCUT2D eigenvalue weighted by atomic mass is 79.9. The van der Waals surface area contributed by atoms with Crippen LogP contribution in [0.5, 0.6) is 11.5 Å². The summed E-state index contributed by atoms with van der Waals surface area (Å²) in [6, 6.07) is 3.85. The summed E-state index contributed by atoms with van der Waals surface area (Å²) >= 11 is 3.68. The van der Waals surface area contributed by atoms with E-state index in [1.165, 1.54) is 5.57 Å². The monoisotopic (exact) mass is 418 g/mol. The maximum atomic E-state index is 13.2. The lowest BCUT2D eigenvalue weighted by molar-refractivity contribution is -0.118. The molecular weight excluding hydrogens is 392 g/mol. The zero-order valence-corrected chi connectivity index (χ0v) is 17.8. The van der Waals surface area contributed by atoms with Gasteiger partial charge in [0, 0.05) is 9.89 Å². The van der Waals surface area contributed by atoms with Crippen LogP contribution in [0.2, 0.25) is 0 Å². The van der Waals surface area contributed by atoms with E-state index in [4.69, 9.17) is 9.47 Å². The van der Waals surface area contributed by atoms with Gasteiger partial charge in [0.15, 0.2) is 17.3 Å². The maximum absolute atomic E-state index is 13.2. The van der Waals surface area contributed by atoms with E-state index in [1.54, 1.807) is 20.3 Å². The highest BCUT2D eigenvalue weighted by Gasteiger charge is 2.49. The van der Waals surface area contributed by atoms with Gasteiger partial charge >= 0.3 is 0 Å². The van der Waals surface area contributed by atoms with Crippen LogP contribution in [0.25, 0.3) is 0 Å². The summed E-state index contributed by atoms with van der Waals surface area (Å²) in [6.45, 7) is 6.83. The molecule has 0 N–H and O–H groups in total. The number of halogens is 1. The fourth-order valence-electron chi connectivity index (χ4n) is 4.89. The molecular formula is C22H27BrO3. The van der Waals surface area contributed by atoms with Gasteiger partial charge in [0.25, 0.3) is 0 Å². The first-order chi connectivity index (χ1) is 12.2. The van der Waals surface area contributed by atoms with E-state index in [1.807, 2.05) is 18.2 Å². The maximum Gasteiger partial charge on any atom is 0.164 e. The molecule has 1 saturated carbocycles. The standard InChI is InChI=1S/C22H27BrO3/c1-21(2)10-7-11-22(3)19(21)9-6-8-16(24)20(22)14-12-17(25-4)18(26-5)13-15(14)23/h6,8-9,12-13,20H,7,10-11H2,1-5H3/t20-,22+/m1/s1. The van der Waals surface area contributed by atoms with Crippen LogP contribution in [0.3, 0.4) is 0 Å². The third kappa shape index (κ3) is 3.02. The van der Waals surface area contributed by atoms with E-state index in [0.717, 1.165) is 29.3 Å². The van der Waals surface area contributed by atoms with Crippen molar-refractivity contribution in [2.24, 2.45) is 10.8 Å². The van der Waals surface area contributed by atoms with Gasteiger partial charge in [-0.15, -0.1) is 0 Å². The molecule has 1 aromatic rings. The SMILES string of the molecule is COc1cc(Br)c([C@@H]2C(=O)C=CC=C3C(C)(C)CCC[C@@]32C)cc1OC. The minimum absolute atomic E-state index is 0.0866. The first kappa shape index (κ1) is 19.2. The Hall–Kier alpha value is -1.55. The molecule has 2 atom stereocenters. The zero-order chi connectivity index (χ0) is 19.1. The van der Waals surface area contributed by atoms with Crippen LogP contribution in [0.1, 0.15) is 51.5 Å². The summed E-state index contributed by atoms with van der Waals surface area (Å²) in [5.41, 5.74) is 2.20. The number of rotatable bonds is 3. The molecule has 0 amide bonds. The third-order valence-electron chi connectivity index (χ3n) is 6.10. The van der Waals surface area contributed by atoms with Crippen molar-refractivity contribution >= 4 is 21.7 Å². The average molecular weight is 419 g/mol. The van der Waals surface area contributed by atoms with Gasteiger partial charge in [-0.05, 0) is 42.0 Å². The van der Waals surface area contributed by atoms with E-state index in [0.29, 0.717) is 11.5 Å². The Kier molecular flexibility index (Phi) is 5.08. The van der Waals surface area contributed by atoms with Crippen molar-refractivity contribution in [3.8, 4) is 11.5 Å². The van der Waals surface area contributed by atoms with Crippen LogP contribution in [-0.4, -0.2) is 20.0 Å². The summed E-state index contributed by atoms with van der Waals surface area (Å²) in [5, 5.41) is 0. The predicted octanol–water partition coefficient (Wildman–Crippen LogP) is 5.83. The Balaban J connectivity index is 2.21. The van der Waals surface area contributed by atoms with Crippen molar-refractivity contribution in [2.45, 2.75) is 46.0 Å². The Morgan fingerprint density at radius 1 is 1.08 bits per heavy atom. The fourth-order valence-corrected chi connectivity index (χ4v) is 5.44. The molecule has 0 spiro atoms.